The summed E-state index contributed by atoms with van der Waals surface area (Å²) < 4.78 is 0. The molecule has 18 heavy (non-hydrogen) atoms. The van der Waals surface area contributed by atoms with Crippen LogP contribution < -0.4 is 11.5 Å². The van der Waals surface area contributed by atoms with Crippen LogP contribution in [0, 0.1) is 0 Å². The fourth-order valence-electron chi connectivity index (χ4n) is 2.25. The normalized spacial score (nSPS) is 15.3. The first-order valence-electron chi connectivity index (χ1n) is 6.46. The summed E-state index contributed by atoms with van der Waals surface area (Å²) in [4.78, 5) is 0. The first-order chi connectivity index (χ1) is 8.52. The van der Waals surface area contributed by atoms with Crippen molar-refractivity contribution in [2.75, 3.05) is 11.5 Å². The van der Waals surface area contributed by atoms with Gasteiger partial charge in [-0.1, -0.05) is 50.3 Å². The van der Waals surface area contributed by atoms with Crippen LogP contribution in [-0.4, -0.2) is 0 Å². The van der Waals surface area contributed by atoms with Crippen molar-refractivity contribution in [2.24, 2.45) is 0 Å². The summed E-state index contributed by atoms with van der Waals surface area (Å²) >= 11 is 0. The molecule has 0 bridgehead atoms. The predicted molar refractivity (Wildman–Crippen MR) is 81.7 cm³/mol. The van der Waals surface area contributed by atoms with Crippen molar-refractivity contribution in [1.82, 2.24) is 0 Å². The monoisotopic (exact) mass is 244 g/mol. The van der Waals surface area contributed by atoms with E-state index in [2.05, 4.69) is 38.1 Å². The van der Waals surface area contributed by atoms with Gasteiger partial charge in [0.25, 0.3) is 0 Å². The minimum atomic E-state index is 0.295. The van der Waals surface area contributed by atoms with Gasteiger partial charge in [0.1, 0.15) is 0 Å². The molecular formula is C16H24N2. The van der Waals surface area contributed by atoms with Gasteiger partial charge in [-0.3, -0.25) is 0 Å². The third-order valence-corrected chi connectivity index (χ3v) is 3.30. The summed E-state index contributed by atoms with van der Waals surface area (Å²) in [6.07, 6.45) is 8.33. The molecule has 0 heterocycles. The van der Waals surface area contributed by atoms with Gasteiger partial charge >= 0.3 is 0 Å². The number of hydrogen-bond donors (Lipinski definition) is 2. The number of rotatable bonds is 4. The Balaban J connectivity index is 3.20. The van der Waals surface area contributed by atoms with E-state index in [1.165, 1.54) is 0 Å². The van der Waals surface area contributed by atoms with Gasteiger partial charge in [-0.25, -0.2) is 0 Å². The standard InChI is InChI=1S/C16H24N2/c1-5-7-11(3)13-9-10-14(12(4)8-6-2)16(18)15(13)17/h5-12H,17-18H2,1-4H3/b7-5+,8-6+/t11-,12-/m0/s1. The fourth-order valence-corrected chi connectivity index (χ4v) is 2.25. The van der Waals surface area contributed by atoms with Gasteiger partial charge in [0.2, 0.25) is 0 Å². The molecule has 0 aromatic heterocycles. The molecule has 1 rings (SSSR count). The van der Waals surface area contributed by atoms with E-state index >= 15 is 0 Å². The average Bonchev–Trinajstić information content (AvgIpc) is 2.33. The highest BCUT2D eigenvalue weighted by molar-refractivity contribution is 5.73. The lowest BCUT2D eigenvalue weighted by molar-refractivity contribution is 0.944. The maximum Gasteiger partial charge on any atom is 0.0589 e. The summed E-state index contributed by atoms with van der Waals surface area (Å²) in [6, 6.07) is 4.18. The SMILES string of the molecule is C/C=C/[C@H](C)c1ccc([C@@H](C)/C=C/C)c(N)c1N. The molecule has 2 atom stereocenters. The highest BCUT2D eigenvalue weighted by atomic mass is 14.7. The van der Waals surface area contributed by atoms with Gasteiger partial charge in [-0.2, -0.15) is 0 Å². The van der Waals surface area contributed by atoms with Gasteiger partial charge in [-0.05, 0) is 25.0 Å². The zero-order chi connectivity index (χ0) is 13.7. The minimum Gasteiger partial charge on any atom is -0.397 e. The Hall–Kier alpha value is -1.70. The number of hydrogen-bond acceptors (Lipinski definition) is 2. The Kier molecular flexibility index (Phi) is 5.02. The van der Waals surface area contributed by atoms with Gasteiger partial charge in [-0.15, -0.1) is 0 Å². The van der Waals surface area contributed by atoms with Crippen LogP contribution in [0.3, 0.4) is 0 Å². The first kappa shape index (κ1) is 14.4. The zero-order valence-corrected chi connectivity index (χ0v) is 11.8. The third kappa shape index (κ3) is 2.95. The second kappa shape index (κ2) is 6.29. The molecule has 2 nitrogen and oxygen atoms in total. The molecule has 2 heteroatoms. The zero-order valence-electron chi connectivity index (χ0n) is 11.8. The number of benzene rings is 1. The van der Waals surface area contributed by atoms with E-state index in [4.69, 9.17) is 11.5 Å². The van der Waals surface area contributed by atoms with E-state index in [1.807, 2.05) is 26.0 Å². The summed E-state index contributed by atoms with van der Waals surface area (Å²) in [5, 5.41) is 0. The molecular weight excluding hydrogens is 220 g/mol. The summed E-state index contributed by atoms with van der Waals surface area (Å²) in [7, 11) is 0. The van der Waals surface area contributed by atoms with Crippen molar-refractivity contribution >= 4 is 11.4 Å². The molecule has 0 amide bonds. The number of nitrogens with two attached hydrogens (primary N) is 2. The molecule has 4 N–H and O–H groups in total. The van der Waals surface area contributed by atoms with E-state index in [9.17, 15) is 0 Å². The van der Waals surface area contributed by atoms with Gasteiger partial charge < -0.3 is 11.5 Å². The average molecular weight is 244 g/mol. The topological polar surface area (TPSA) is 52.0 Å². The Morgan fingerprint density at radius 1 is 0.833 bits per heavy atom. The highest BCUT2D eigenvalue weighted by Crippen LogP contribution is 2.34. The Bertz CT molecular complexity index is 415. The van der Waals surface area contributed by atoms with E-state index in [0.29, 0.717) is 11.8 Å². The molecule has 0 spiro atoms. The van der Waals surface area contributed by atoms with Crippen molar-refractivity contribution in [3.8, 4) is 0 Å². The number of anilines is 2. The maximum atomic E-state index is 6.17. The van der Waals surface area contributed by atoms with Crippen LogP contribution in [0.15, 0.2) is 36.4 Å². The quantitative estimate of drug-likeness (QED) is 0.615. The first-order valence-corrected chi connectivity index (χ1v) is 6.46. The van der Waals surface area contributed by atoms with Gasteiger partial charge in [0.15, 0.2) is 0 Å². The largest absolute Gasteiger partial charge is 0.397 e. The summed E-state index contributed by atoms with van der Waals surface area (Å²) in [5.74, 6) is 0.590. The summed E-state index contributed by atoms with van der Waals surface area (Å²) in [5.41, 5.74) is 16.0. The van der Waals surface area contributed by atoms with Crippen LogP contribution in [0.2, 0.25) is 0 Å². The fraction of sp³-hybridized carbons (Fsp3) is 0.375. The minimum absolute atomic E-state index is 0.295. The van der Waals surface area contributed by atoms with Crippen molar-refractivity contribution in [3.63, 3.8) is 0 Å². The number of allylic oxidation sites excluding steroid dienone is 4. The van der Waals surface area contributed by atoms with Crippen LogP contribution in [-0.2, 0) is 0 Å². The molecule has 0 aliphatic carbocycles. The van der Waals surface area contributed by atoms with Crippen molar-refractivity contribution in [3.05, 3.63) is 47.6 Å². The molecule has 1 aromatic rings. The van der Waals surface area contributed by atoms with Crippen LogP contribution in [0.1, 0.15) is 50.7 Å². The van der Waals surface area contributed by atoms with E-state index in [1.54, 1.807) is 0 Å². The van der Waals surface area contributed by atoms with E-state index < -0.39 is 0 Å². The smallest absolute Gasteiger partial charge is 0.0589 e. The predicted octanol–water partition coefficient (Wildman–Crippen LogP) is 4.21. The maximum absolute atomic E-state index is 6.17. The second-order valence-corrected chi connectivity index (χ2v) is 4.70. The van der Waals surface area contributed by atoms with Gasteiger partial charge in [0.05, 0.1) is 11.4 Å². The molecule has 0 aliphatic heterocycles. The Labute approximate surface area is 110 Å². The van der Waals surface area contributed by atoms with E-state index in [0.717, 1.165) is 22.5 Å². The molecule has 0 unspecified atom stereocenters. The van der Waals surface area contributed by atoms with Crippen molar-refractivity contribution < 1.29 is 0 Å². The highest BCUT2D eigenvalue weighted by Gasteiger charge is 2.14. The lowest BCUT2D eigenvalue weighted by atomic mass is 9.91. The molecule has 1 aromatic carbocycles. The molecule has 98 valence electrons. The summed E-state index contributed by atoms with van der Waals surface area (Å²) in [6.45, 7) is 8.28. The van der Waals surface area contributed by atoms with Crippen LogP contribution >= 0.6 is 0 Å². The lowest BCUT2D eigenvalue weighted by Gasteiger charge is -2.18. The van der Waals surface area contributed by atoms with Crippen molar-refractivity contribution in [1.29, 1.82) is 0 Å². The molecule has 0 radical (unpaired) electrons. The van der Waals surface area contributed by atoms with Crippen molar-refractivity contribution in [2.45, 2.75) is 39.5 Å². The third-order valence-electron chi connectivity index (χ3n) is 3.30. The lowest BCUT2D eigenvalue weighted by Crippen LogP contribution is -2.06. The molecule has 0 saturated carbocycles. The Morgan fingerprint density at radius 2 is 1.17 bits per heavy atom. The second-order valence-electron chi connectivity index (χ2n) is 4.70. The van der Waals surface area contributed by atoms with E-state index in [-0.39, 0.29) is 0 Å². The van der Waals surface area contributed by atoms with Crippen LogP contribution in [0.4, 0.5) is 11.4 Å². The van der Waals surface area contributed by atoms with Crippen LogP contribution in [0.5, 0.6) is 0 Å². The molecule has 0 aliphatic rings. The molecule has 0 saturated heterocycles. The Morgan fingerprint density at radius 3 is 1.44 bits per heavy atom. The number of nitrogen functional groups attached to an aromatic ring is 2. The molecule has 0 fully saturated rings. The van der Waals surface area contributed by atoms with Gasteiger partial charge in [0, 0.05) is 11.8 Å². The van der Waals surface area contributed by atoms with Crippen LogP contribution in [0.25, 0.3) is 0 Å².